The van der Waals surface area contributed by atoms with E-state index in [9.17, 15) is 17.6 Å². The van der Waals surface area contributed by atoms with Crippen molar-refractivity contribution in [3.05, 3.63) is 33.1 Å². The number of hydrogen-bond acceptors (Lipinski definition) is 3. The number of rotatable bonds is 5. The van der Waals surface area contributed by atoms with Crippen LogP contribution in [0.1, 0.15) is 16.8 Å². The fourth-order valence-electron chi connectivity index (χ4n) is 1.31. The molecule has 4 nitrogen and oxygen atoms in total. The molecule has 0 bridgehead atoms. The normalized spacial score (nSPS) is 11.3. The highest BCUT2D eigenvalue weighted by Crippen LogP contribution is 2.13. The molecule has 0 aliphatic heterocycles. The lowest BCUT2D eigenvalue weighted by atomic mass is 10.2. The maximum absolute atomic E-state index is 12.8. The molecular formula is C11H13FINO3S. The second kappa shape index (κ2) is 6.46. The summed E-state index contributed by atoms with van der Waals surface area (Å²) in [4.78, 5) is 11.7. The maximum atomic E-state index is 12.8. The Bertz CT molecular complexity index is 545. The van der Waals surface area contributed by atoms with E-state index in [1.54, 1.807) is 0 Å². The SMILES string of the molecule is CS(=O)(=O)CCCNC(=O)c1ccc(F)cc1I. The first-order valence-corrected chi connectivity index (χ1v) is 8.34. The van der Waals surface area contributed by atoms with E-state index in [1.165, 1.54) is 18.2 Å². The minimum atomic E-state index is -3.00. The lowest BCUT2D eigenvalue weighted by Gasteiger charge is -2.06. The molecule has 1 amide bonds. The van der Waals surface area contributed by atoms with Gasteiger partial charge in [-0.05, 0) is 47.2 Å². The Morgan fingerprint density at radius 3 is 2.67 bits per heavy atom. The van der Waals surface area contributed by atoms with Crippen LogP contribution in [0.25, 0.3) is 0 Å². The van der Waals surface area contributed by atoms with Crippen LogP contribution in [0.4, 0.5) is 4.39 Å². The Morgan fingerprint density at radius 2 is 2.11 bits per heavy atom. The van der Waals surface area contributed by atoms with Gasteiger partial charge in [0.05, 0.1) is 11.3 Å². The van der Waals surface area contributed by atoms with Gasteiger partial charge in [0.1, 0.15) is 15.7 Å². The van der Waals surface area contributed by atoms with E-state index in [1.807, 2.05) is 22.6 Å². The molecular weight excluding hydrogens is 372 g/mol. The van der Waals surface area contributed by atoms with E-state index in [0.29, 0.717) is 15.6 Å². The average Bonchev–Trinajstić information content (AvgIpc) is 2.22. The predicted octanol–water partition coefficient (Wildman–Crippen LogP) is 1.59. The van der Waals surface area contributed by atoms with Gasteiger partial charge in [-0.2, -0.15) is 0 Å². The lowest BCUT2D eigenvalue weighted by molar-refractivity contribution is 0.0952. The summed E-state index contributed by atoms with van der Waals surface area (Å²) in [5, 5.41) is 2.60. The molecule has 0 radical (unpaired) electrons. The number of amides is 1. The smallest absolute Gasteiger partial charge is 0.252 e. The molecule has 0 aliphatic rings. The highest BCUT2D eigenvalue weighted by Gasteiger charge is 2.10. The van der Waals surface area contributed by atoms with Gasteiger partial charge in [-0.3, -0.25) is 4.79 Å². The quantitative estimate of drug-likeness (QED) is 0.619. The number of nitrogens with one attached hydrogen (secondary N) is 1. The Morgan fingerprint density at radius 1 is 1.44 bits per heavy atom. The van der Waals surface area contributed by atoms with Crippen molar-refractivity contribution >= 4 is 38.3 Å². The zero-order valence-electron chi connectivity index (χ0n) is 9.74. The fourth-order valence-corrected chi connectivity index (χ4v) is 2.70. The number of carbonyl (C=O) groups is 1. The van der Waals surface area contributed by atoms with Crippen molar-refractivity contribution < 1.29 is 17.6 Å². The van der Waals surface area contributed by atoms with Crippen LogP contribution >= 0.6 is 22.6 Å². The number of hydrogen-bond donors (Lipinski definition) is 1. The van der Waals surface area contributed by atoms with E-state index >= 15 is 0 Å². The summed E-state index contributed by atoms with van der Waals surface area (Å²) in [5.41, 5.74) is 0.386. The molecule has 0 saturated heterocycles. The van der Waals surface area contributed by atoms with Gasteiger partial charge in [0.25, 0.3) is 5.91 Å². The standard InChI is InChI=1S/C11H13FINO3S/c1-18(16,17)6-2-5-14-11(15)9-4-3-8(12)7-10(9)13/h3-4,7H,2,5-6H2,1H3,(H,14,15). The second-order valence-electron chi connectivity index (χ2n) is 3.86. The monoisotopic (exact) mass is 385 g/mol. The number of carbonyl (C=O) groups excluding carboxylic acids is 1. The molecule has 1 N–H and O–H groups in total. The molecule has 0 aromatic heterocycles. The van der Waals surface area contributed by atoms with E-state index < -0.39 is 15.7 Å². The third-order valence-electron chi connectivity index (χ3n) is 2.15. The van der Waals surface area contributed by atoms with Crippen molar-refractivity contribution in [1.29, 1.82) is 0 Å². The van der Waals surface area contributed by atoms with Crippen molar-refractivity contribution in [2.75, 3.05) is 18.6 Å². The fraction of sp³-hybridized carbons (Fsp3) is 0.364. The molecule has 7 heteroatoms. The van der Waals surface area contributed by atoms with Crippen molar-refractivity contribution in [2.24, 2.45) is 0 Å². The minimum absolute atomic E-state index is 0.0355. The molecule has 0 heterocycles. The Balaban J connectivity index is 2.51. The third kappa shape index (κ3) is 5.30. The summed E-state index contributed by atoms with van der Waals surface area (Å²) in [6, 6.07) is 3.89. The van der Waals surface area contributed by atoms with Gasteiger partial charge in [-0.15, -0.1) is 0 Å². The van der Waals surface area contributed by atoms with Gasteiger partial charge >= 0.3 is 0 Å². The van der Waals surface area contributed by atoms with Crippen molar-refractivity contribution in [1.82, 2.24) is 5.32 Å². The van der Waals surface area contributed by atoms with E-state index in [2.05, 4.69) is 5.32 Å². The maximum Gasteiger partial charge on any atom is 0.252 e. The Kier molecular flexibility index (Phi) is 5.51. The van der Waals surface area contributed by atoms with Gasteiger partial charge in [-0.1, -0.05) is 0 Å². The predicted molar refractivity (Wildman–Crippen MR) is 75.8 cm³/mol. The summed E-state index contributed by atoms with van der Waals surface area (Å²) in [5.74, 6) is -0.686. The van der Waals surface area contributed by atoms with Gasteiger partial charge in [0.2, 0.25) is 0 Å². The van der Waals surface area contributed by atoms with E-state index in [0.717, 1.165) is 6.26 Å². The second-order valence-corrected chi connectivity index (χ2v) is 7.29. The van der Waals surface area contributed by atoms with Crippen LogP contribution in [0.3, 0.4) is 0 Å². The lowest BCUT2D eigenvalue weighted by Crippen LogP contribution is -2.26. The summed E-state index contributed by atoms with van der Waals surface area (Å²) in [7, 11) is -3.00. The molecule has 0 spiro atoms. The van der Waals surface area contributed by atoms with Crippen LogP contribution in [0.2, 0.25) is 0 Å². The van der Waals surface area contributed by atoms with Crippen molar-refractivity contribution in [3.8, 4) is 0 Å². The van der Waals surface area contributed by atoms with Gasteiger partial charge in [0.15, 0.2) is 0 Å². The molecule has 0 unspecified atom stereocenters. The van der Waals surface area contributed by atoms with Gasteiger partial charge in [0, 0.05) is 16.4 Å². The first kappa shape index (κ1) is 15.4. The highest BCUT2D eigenvalue weighted by molar-refractivity contribution is 14.1. The first-order chi connectivity index (χ1) is 8.29. The zero-order valence-corrected chi connectivity index (χ0v) is 12.7. The summed E-state index contributed by atoms with van der Waals surface area (Å²) in [6.07, 6.45) is 1.51. The Hall–Kier alpha value is -0.700. The van der Waals surface area contributed by atoms with Crippen LogP contribution < -0.4 is 5.32 Å². The third-order valence-corrected chi connectivity index (χ3v) is 4.08. The molecule has 0 atom stereocenters. The largest absolute Gasteiger partial charge is 0.352 e. The zero-order chi connectivity index (χ0) is 13.8. The highest BCUT2D eigenvalue weighted by atomic mass is 127. The molecule has 0 saturated carbocycles. The van der Waals surface area contributed by atoms with Crippen molar-refractivity contribution in [3.63, 3.8) is 0 Å². The van der Waals surface area contributed by atoms with Gasteiger partial charge < -0.3 is 5.32 Å². The van der Waals surface area contributed by atoms with Crippen LogP contribution in [0.15, 0.2) is 18.2 Å². The average molecular weight is 385 g/mol. The van der Waals surface area contributed by atoms with Crippen LogP contribution in [0, 0.1) is 9.39 Å². The minimum Gasteiger partial charge on any atom is -0.352 e. The van der Waals surface area contributed by atoms with Gasteiger partial charge in [-0.25, -0.2) is 12.8 Å². The first-order valence-electron chi connectivity index (χ1n) is 5.20. The molecule has 100 valence electrons. The van der Waals surface area contributed by atoms with Crippen molar-refractivity contribution in [2.45, 2.75) is 6.42 Å². The van der Waals surface area contributed by atoms with Crippen LogP contribution in [-0.2, 0) is 9.84 Å². The number of benzene rings is 1. The molecule has 1 aromatic rings. The number of halogens is 2. The molecule has 1 aromatic carbocycles. The topological polar surface area (TPSA) is 63.2 Å². The Labute approximate surface area is 119 Å². The van der Waals surface area contributed by atoms with Crippen LogP contribution in [0.5, 0.6) is 0 Å². The molecule has 0 aliphatic carbocycles. The summed E-state index contributed by atoms with van der Waals surface area (Å²) >= 11 is 1.88. The summed E-state index contributed by atoms with van der Waals surface area (Å²) < 4.78 is 35.1. The summed E-state index contributed by atoms with van der Waals surface area (Å²) in [6.45, 7) is 0.277. The molecule has 1 rings (SSSR count). The number of sulfone groups is 1. The van der Waals surface area contributed by atoms with E-state index in [-0.39, 0.29) is 18.2 Å². The molecule has 18 heavy (non-hydrogen) atoms. The molecule has 0 fully saturated rings. The van der Waals surface area contributed by atoms with E-state index in [4.69, 9.17) is 0 Å². The van der Waals surface area contributed by atoms with Crippen LogP contribution in [-0.4, -0.2) is 32.9 Å².